The molecule has 0 saturated carbocycles. The van der Waals surface area contributed by atoms with Gasteiger partial charge in [-0.25, -0.2) is 0 Å². The van der Waals surface area contributed by atoms with Gasteiger partial charge in [-0.3, -0.25) is 4.79 Å². The molecule has 1 saturated heterocycles. The van der Waals surface area contributed by atoms with E-state index in [0.29, 0.717) is 12.3 Å². The minimum atomic E-state index is 0. The lowest BCUT2D eigenvalue weighted by molar-refractivity contribution is -0.135. The second kappa shape index (κ2) is 10.2. The van der Waals surface area contributed by atoms with Crippen molar-refractivity contribution in [3.05, 3.63) is 22.4 Å². The van der Waals surface area contributed by atoms with Crippen LogP contribution >= 0.6 is 23.7 Å². The summed E-state index contributed by atoms with van der Waals surface area (Å²) in [6, 6.07) is 4.65. The van der Waals surface area contributed by atoms with Crippen molar-refractivity contribution in [2.45, 2.75) is 70.4 Å². The van der Waals surface area contributed by atoms with Gasteiger partial charge in [-0.1, -0.05) is 12.5 Å². The number of hydrogen-bond donors (Lipinski definition) is 1. The first-order chi connectivity index (χ1) is 10.2. The zero-order valence-corrected chi connectivity index (χ0v) is 15.1. The predicted octanol–water partition coefficient (Wildman–Crippen LogP) is 4.00. The summed E-state index contributed by atoms with van der Waals surface area (Å²) in [6.45, 7) is 2.93. The molecule has 2 unspecified atom stereocenters. The van der Waals surface area contributed by atoms with Gasteiger partial charge in [0.2, 0.25) is 5.91 Å². The largest absolute Gasteiger partial charge is 0.338 e. The molecule has 2 N–H and O–H groups in total. The fourth-order valence-electron chi connectivity index (χ4n) is 3.16. The third kappa shape index (κ3) is 5.90. The second-order valence-electron chi connectivity index (χ2n) is 6.15. The lowest BCUT2D eigenvalue weighted by Crippen LogP contribution is -2.51. The highest BCUT2D eigenvalue weighted by atomic mass is 35.5. The molecular weight excluding hydrogens is 316 g/mol. The van der Waals surface area contributed by atoms with E-state index in [1.807, 2.05) is 23.2 Å². The Hall–Kier alpha value is -0.580. The van der Waals surface area contributed by atoms with Crippen LogP contribution in [0.1, 0.15) is 56.7 Å². The molecule has 0 aromatic carbocycles. The van der Waals surface area contributed by atoms with E-state index in [-0.39, 0.29) is 24.5 Å². The first kappa shape index (κ1) is 19.5. The number of nitrogens with two attached hydrogens (primary N) is 1. The van der Waals surface area contributed by atoms with Gasteiger partial charge in [-0.2, -0.15) is 0 Å². The summed E-state index contributed by atoms with van der Waals surface area (Å²) < 4.78 is 0. The van der Waals surface area contributed by atoms with Crippen LogP contribution in [-0.2, 0) is 11.2 Å². The van der Waals surface area contributed by atoms with E-state index in [1.54, 1.807) is 0 Å². The van der Waals surface area contributed by atoms with E-state index in [2.05, 4.69) is 17.5 Å². The molecule has 2 rings (SSSR count). The van der Waals surface area contributed by atoms with E-state index in [0.717, 1.165) is 38.6 Å². The van der Waals surface area contributed by atoms with E-state index < -0.39 is 0 Å². The summed E-state index contributed by atoms with van der Waals surface area (Å²) in [4.78, 5) is 15.9. The van der Waals surface area contributed by atoms with Crippen molar-refractivity contribution in [3.8, 4) is 0 Å². The third-order valence-corrected chi connectivity index (χ3v) is 5.31. The molecule has 1 amide bonds. The molecule has 3 nitrogen and oxygen atoms in total. The molecule has 5 heteroatoms. The molecule has 1 aliphatic rings. The molecular formula is C17H29ClN2OS. The number of nitrogens with zero attached hydrogens (tertiary/aromatic N) is 1. The SMILES string of the molecule is CC(N)C1CCCCN1C(=O)CCCCCc1cccs1.Cl. The molecule has 1 aliphatic heterocycles. The number of thiophene rings is 1. The molecule has 22 heavy (non-hydrogen) atoms. The molecule has 1 aromatic rings. The number of likely N-dealkylation sites (tertiary alicyclic amines) is 1. The zero-order valence-electron chi connectivity index (χ0n) is 13.5. The van der Waals surface area contributed by atoms with Gasteiger partial charge in [0.25, 0.3) is 0 Å². The maximum Gasteiger partial charge on any atom is 0.222 e. The van der Waals surface area contributed by atoms with E-state index in [4.69, 9.17) is 5.73 Å². The number of carbonyl (C=O) groups is 1. The number of rotatable bonds is 7. The maximum atomic E-state index is 12.4. The molecule has 126 valence electrons. The second-order valence-corrected chi connectivity index (χ2v) is 7.18. The Bertz CT molecular complexity index is 422. The fourth-order valence-corrected chi connectivity index (χ4v) is 3.92. The number of aryl methyl sites for hydroxylation is 1. The Morgan fingerprint density at radius 3 is 2.91 bits per heavy atom. The van der Waals surface area contributed by atoms with Crippen LogP contribution in [0.15, 0.2) is 17.5 Å². The van der Waals surface area contributed by atoms with Gasteiger partial charge in [-0.15, -0.1) is 23.7 Å². The van der Waals surface area contributed by atoms with Gasteiger partial charge < -0.3 is 10.6 Å². The number of piperidine rings is 1. The van der Waals surface area contributed by atoms with Gasteiger partial charge in [0, 0.05) is 29.9 Å². The smallest absolute Gasteiger partial charge is 0.222 e. The van der Waals surface area contributed by atoms with Gasteiger partial charge in [0.1, 0.15) is 0 Å². The lowest BCUT2D eigenvalue weighted by Gasteiger charge is -2.38. The first-order valence-electron chi connectivity index (χ1n) is 8.26. The van der Waals surface area contributed by atoms with Crippen LogP contribution in [0, 0.1) is 0 Å². The summed E-state index contributed by atoms with van der Waals surface area (Å²) in [5.41, 5.74) is 6.03. The molecule has 0 radical (unpaired) electrons. The first-order valence-corrected chi connectivity index (χ1v) is 9.14. The number of amides is 1. The average molecular weight is 345 g/mol. The van der Waals surface area contributed by atoms with E-state index >= 15 is 0 Å². The fraction of sp³-hybridized carbons (Fsp3) is 0.706. The van der Waals surface area contributed by atoms with Crippen LogP contribution in [0.2, 0.25) is 0 Å². The van der Waals surface area contributed by atoms with Crippen LogP contribution in [0.3, 0.4) is 0 Å². The monoisotopic (exact) mass is 344 g/mol. The van der Waals surface area contributed by atoms with E-state index in [9.17, 15) is 4.79 Å². The van der Waals surface area contributed by atoms with Gasteiger partial charge in [-0.05, 0) is 56.9 Å². The Labute approximate surface area is 144 Å². The van der Waals surface area contributed by atoms with Crippen LogP contribution in [-0.4, -0.2) is 29.4 Å². The van der Waals surface area contributed by atoms with E-state index in [1.165, 1.54) is 17.7 Å². The highest BCUT2D eigenvalue weighted by Crippen LogP contribution is 2.21. The van der Waals surface area contributed by atoms with Gasteiger partial charge in [0.05, 0.1) is 0 Å². The van der Waals surface area contributed by atoms with Gasteiger partial charge in [0.15, 0.2) is 0 Å². The molecule has 2 heterocycles. The third-order valence-electron chi connectivity index (χ3n) is 4.37. The number of carbonyl (C=O) groups excluding carboxylic acids is 1. The molecule has 0 spiro atoms. The van der Waals surface area contributed by atoms with Crippen molar-refractivity contribution in [1.29, 1.82) is 0 Å². The Balaban J connectivity index is 0.00000242. The highest BCUT2D eigenvalue weighted by Gasteiger charge is 2.28. The number of unbranched alkanes of at least 4 members (excludes halogenated alkanes) is 2. The summed E-state index contributed by atoms with van der Waals surface area (Å²) in [5, 5.41) is 2.13. The van der Waals surface area contributed by atoms with Crippen molar-refractivity contribution in [1.82, 2.24) is 4.90 Å². The Morgan fingerprint density at radius 1 is 1.41 bits per heavy atom. The minimum Gasteiger partial charge on any atom is -0.338 e. The summed E-state index contributed by atoms with van der Waals surface area (Å²) >= 11 is 1.82. The molecule has 1 aromatic heterocycles. The van der Waals surface area contributed by atoms with Crippen molar-refractivity contribution >= 4 is 29.7 Å². The molecule has 0 aliphatic carbocycles. The lowest BCUT2D eigenvalue weighted by atomic mass is 9.96. The number of hydrogen-bond acceptors (Lipinski definition) is 3. The molecule has 2 atom stereocenters. The van der Waals surface area contributed by atoms with Crippen molar-refractivity contribution in [3.63, 3.8) is 0 Å². The number of halogens is 1. The summed E-state index contributed by atoms with van der Waals surface area (Å²) in [5.74, 6) is 0.313. The maximum absolute atomic E-state index is 12.4. The van der Waals surface area contributed by atoms with Crippen LogP contribution in [0.4, 0.5) is 0 Å². The Kier molecular flexibility index (Phi) is 9.06. The van der Waals surface area contributed by atoms with Crippen LogP contribution < -0.4 is 5.73 Å². The van der Waals surface area contributed by atoms with Gasteiger partial charge >= 0.3 is 0 Å². The summed E-state index contributed by atoms with van der Waals surface area (Å²) in [7, 11) is 0. The standard InChI is InChI=1S/C17H28N2OS.ClH/c1-14(18)16-10-5-6-12-19(16)17(20)11-4-2-3-8-15-9-7-13-21-15;/h7,9,13-14,16H,2-6,8,10-12,18H2,1H3;1H. The van der Waals surface area contributed by atoms with Crippen molar-refractivity contribution in [2.24, 2.45) is 5.73 Å². The molecule has 0 bridgehead atoms. The van der Waals surface area contributed by atoms with Crippen molar-refractivity contribution in [2.75, 3.05) is 6.54 Å². The highest BCUT2D eigenvalue weighted by molar-refractivity contribution is 7.09. The van der Waals surface area contributed by atoms with Crippen LogP contribution in [0.5, 0.6) is 0 Å². The topological polar surface area (TPSA) is 46.3 Å². The molecule has 1 fully saturated rings. The normalized spacial score (nSPS) is 19.5. The zero-order chi connectivity index (χ0) is 15.1. The average Bonchev–Trinajstić information content (AvgIpc) is 3.00. The van der Waals surface area contributed by atoms with Crippen molar-refractivity contribution < 1.29 is 4.79 Å². The summed E-state index contributed by atoms with van der Waals surface area (Å²) in [6.07, 6.45) is 8.58. The predicted molar refractivity (Wildman–Crippen MR) is 96.7 cm³/mol. The Morgan fingerprint density at radius 2 is 2.23 bits per heavy atom. The quantitative estimate of drug-likeness (QED) is 0.760. The minimum absolute atomic E-state index is 0. The van der Waals surface area contributed by atoms with Crippen LogP contribution in [0.25, 0.3) is 0 Å².